The molecule has 3 heterocycles. The van der Waals surface area contributed by atoms with Crippen molar-refractivity contribution in [3.8, 4) is 6.01 Å². The van der Waals surface area contributed by atoms with Crippen LogP contribution in [0.3, 0.4) is 0 Å². The molecule has 1 atom stereocenters. The highest BCUT2D eigenvalue weighted by Crippen LogP contribution is 2.34. The van der Waals surface area contributed by atoms with Crippen LogP contribution in [0.1, 0.15) is 50.5 Å². The number of anilines is 2. The molecule has 1 unspecified atom stereocenters. The molecule has 1 aliphatic carbocycles. The highest BCUT2D eigenvalue weighted by atomic mass is 16.5. The van der Waals surface area contributed by atoms with E-state index in [1.165, 1.54) is 19.3 Å². The number of rotatable bonds is 7. The van der Waals surface area contributed by atoms with Crippen LogP contribution in [0, 0.1) is 5.92 Å². The van der Waals surface area contributed by atoms with Gasteiger partial charge < -0.3 is 15.2 Å². The van der Waals surface area contributed by atoms with Crippen molar-refractivity contribution in [1.82, 2.24) is 9.97 Å². The van der Waals surface area contributed by atoms with E-state index in [0.717, 1.165) is 43.8 Å². The molecule has 4 rings (SSSR count). The van der Waals surface area contributed by atoms with Crippen molar-refractivity contribution < 1.29 is 14.3 Å². The molecule has 2 N–H and O–H groups in total. The quantitative estimate of drug-likeness (QED) is 0.813. The molecular formula is C18H26N4O3. The monoisotopic (exact) mass is 346 g/mol. The first kappa shape index (κ1) is 16.6. The molecule has 136 valence electrons. The summed E-state index contributed by atoms with van der Waals surface area (Å²) in [5, 5.41) is 0. The van der Waals surface area contributed by atoms with Crippen molar-refractivity contribution in [2.75, 3.05) is 30.4 Å². The van der Waals surface area contributed by atoms with Crippen LogP contribution >= 0.6 is 0 Å². The molecule has 1 amide bonds. The summed E-state index contributed by atoms with van der Waals surface area (Å²) in [4.78, 5) is 22.8. The van der Waals surface area contributed by atoms with Gasteiger partial charge in [-0.25, -0.2) is 0 Å². The first-order valence-electron chi connectivity index (χ1n) is 9.42. The maximum atomic E-state index is 12.4. The molecule has 1 aromatic heterocycles. The Bertz CT molecular complexity index is 641. The average molecular weight is 346 g/mol. The summed E-state index contributed by atoms with van der Waals surface area (Å²) >= 11 is 0. The predicted molar refractivity (Wildman–Crippen MR) is 93.5 cm³/mol. The number of amides is 1. The molecule has 3 aliphatic rings. The zero-order valence-electron chi connectivity index (χ0n) is 14.6. The zero-order valence-corrected chi connectivity index (χ0v) is 14.6. The largest absolute Gasteiger partial charge is 0.463 e. The normalized spacial score (nSPS) is 23.0. The van der Waals surface area contributed by atoms with Crippen LogP contribution in [-0.4, -0.2) is 41.7 Å². The van der Waals surface area contributed by atoms with Crippen LogP contribution in [0.25, 0.3) is 0 Å². The molecule has 1 saturated carbocycles. The molecule has 0 radical (unpaired) electrons. The first-order chi connectivity index (χ1) is 12.2. The Kier molecular flexibility index (Phi) is 4.74. The Morgan fingerprint density at radius 3 is 2.84 bits per heavy atom. The van der Waals surface area contributed by atoms with Gasteiger partial charge in [0.05, 0.1) is 19.1 Å². The summed E-state index contributed by atoms with van der Waals surface area (Å²) in [6.07, 6.45) is 8.35. The van der Waals surface area contributed by atoms with Gasteiger partial charge in [-0.2, -0.15) is 9.97 Å². The van der Waals surface area contributed by atoms with Crippen LogP contribution in [-0.2, 0) is 16.0 Å². The van der Waals surface area contributed by atoms with Gasteiger partial charge in [0.2, 0.25) is 5.91 Å². The van der Waals surface area contributed by atoms with Crippen LogP contribution in [0.5, 0.6) is 6.01 Å². The van der Waals surface area contributed by atoms with Crippen molar-refractivity contribution in [2.24, 2.45) is 5.92 Å². The highest BCUT2D eigenvalue weighted by Gasteiger charge is 2.33. The van der Waals surface area contributed by atoms with E-state index in [-0.39, 0.29) is 24.4 Å². The highest BCUT2D eigenvalue weighted by molar-refractivity contribution is 6.01. The van der Waals surface area contributed by atoms with Crippen LogP contribution in [0.4, 0.5) is 11.6 Å². The van der Waals surface area contributed by atoms with Crippen LogP contribution in [0.15, 0.2) is 0 Å². The average Bonchev–Trinajstić information content (AvgIpc) is 3.37. The Hall–Kier alpha value is -1.89. The van der Waals surface area contributed by atoms with Crippen LogP contribution in [0.2, 0.25) is 0 Å². The summed E-state index contributed by atoms with van der Waals surface area (Å²) in [7, 11) is 0. The molecule has 1 aromatic rings. The fourth-order valence-electron chi connectivity index (χ4n) is 3.55. The number of nitrogens with two attached hydrogens (primary N) is 1. The lowest BCUT2D eigenvalue weighted by Crippen LogP contribution is -2.32. The van der Waals surface area contributed by atoms with Crippen LogP contribution < -0.4 is 15.4 Å². The lowest BCUT2D eigenvalue weighted by molar-refractivity contribution is -0.117. The summed E-state index contributed by atoms with van der Waals surface area (Å²) in [5.74, 6) is 1.80. The van der Waals surface area contributed by atoms with Crippen molar-refractivity contribution in [1.29, 1.82) is 0 Å². The van der Waals surface area contributed by atoms with E-state index in [1.807, 2.05) is 0 Å². The molecule has 2 aliphatic heterocycles. The summed E-state index contributed by atoms with van der Waals surface area (Å²) in [6, 6.07) is 0.283. The summed E-state index contributed by atoms with van der Waals surface area (Å²) < 4.78 is 11.4. The minimum atomic E-state index is 0.0296. The van der Waals surface area contributed by atoms with Gasteiger partial charge in [-0.05, 0) is 38.0 Å². The molecule has 1 saturated heterocycles. The Balaban J connectivity index is 1.42. The second-order valence-electron chi connectivity index (χ2n) is 7.27. The third-order valence-corrected chi connectivity index (χ3v) is 5.28. The lowest BCUT2D eigenvalue weighted by Gasteiger charge is -2.25. The van der Waals surface area contributed by atoms with E-state index in [9.17, 15) is 4.79 Å². The number of fused-ring (bicyclic) bond motifs is 1. The van der Waals surface area contributed by atoms with E-state index in [0.29, 0.717) is 24.8 Å². The second kappa shape index (κ2) is 7.15. The fourth-order valence-corrected chi connectivity index (χ4v) is 3.55. The smallest absolute Gasteiger partial charge is 0.320 e. The van der Waals surface area contributed by atoms with Gasteiger partial charge in [0, 0.05) is 18.7 Å². The maximum absolute atomic E-state index is 12.4. The lowest BCUT2D eigenvalue weighted by atomic mass is 10.1. The molecule has 0 aromatic carbocycles. The van der Waals surface area contributed by atoms with Gasteiger partial charge in [0.25, 0.3) is 0 Å². The van der Waals surface area contributed by atoms with E-state index < -0.39 is 0 Å². The third-order valence-electron chi connectivity index (χ3n) is 5.28. The van der Waals surface area contributed by atoms with Gasteiger partial charge in [0.15, 0.2) is 0 Å². The molecule has 7 heteroatoms. The van der Waals surface area contributed by atoms with Gasteiger partial charge in [-0.3, -0.25) is 9.69 Å². The number of ether oxygens (including phenoxy) is 2. The first-order valence-corrected chi connectivity index (χ1v) is 9.42. The standard InChI is InChI=1S/C18H26N4O3/c19-16-14-11-15(23)22(8-6-13-3-1-2-9-24-13)17(14)21-18(20-16)25-10-7-12-4-5-12/h12-13H,1-11H2,(H2,19,20,21). The Labute approximate surface area is 147 Å². The second-order valence-corrected chi connectivity index (χ2v) is 7.27. The number of nitrogens with zero attached hydrogens (tertiary/aromatic N) is 3. The van der Waals surface area contributed by atoms with E-state index in [4.69, 9.17) is 15.2 Å². The summed E-state index contributed by atoms with van der Waals surface area (Å²) in [6.45, 7) is 2.03. The number of carbonyl (C=O) groups excluding carboxylic acids is 1. The maximum Gasteiger partial charge on any atom is 0.320 e. The third kappa shape index (κ3) is 3.86. The SMILES string of the molecule is Nc1nc(OCCC2CC2)nc2c1CC(=O)N2CCC1CCCCO1. The van der Waals surface area contributed by atoms with Gasteiger partial charge in [-0.15, -0.1) is 0 Å². The summed E-state index contributed by atoms with van der Waals surface area (Å²) in [5.41, 5.74) is 6.77. The molecular weight excluding hydrogens is 320 g/mol. The molecule has 25 heavy (non-hydrogen) atoms. The number of carbonyl (C=O) groups is 1. The van der Waals surface area contributed by atoms with Gasteiger partial charge >= 0.3 is 6.01 Å². The minimum absolute atomic E-state index is 0.0296. The minimum Gasteiger partial charge on any atom is -0.463 e. The van der Waals surface area contributed by atoms with E-state index >= 15 is 0 Å². The topological polar surface area (TPSA) is 90.6 Å². The van der Waals surface area contributed by atoms with E-state index in [1.54, 1.807) is 4.90 Å². The van der Waals surface area contributed by atoms with Gasteiger partial charge in [0.1, 0.15) is 11.6 Å². The van der Waals surface area contributed by atoms with Gasteiger partial charge in [-0.1, -0.05) is 12.8 Å². The Morgan fingerprint density at radius 1 is 1.20 bits per heavy atom. The number of hydrogen-bond acceptors (Lipinski definition) is 6. The van der Waals surface area contributed by atoms with Crippen molar-refractivity contribution in [3.05, 3.63) is 5.56 Å². The molecule has 0 spiro atoms. The Morgan fingerprint density at radius 2 is 2.08 bits per heavy atom. The predicted octanol–water partition coefficient (Wildman–Crippen LogP) is 2.09. The fraction of sp³-hybridized carbons (Fsp3) is 0.722. The molecule has 0 bridgehead atoms. The molecule has 7 nitrogen and oxygen atoms in total. The number of aromatic nitrogens is 2. The number of hydrogen-bond donors (Lipinski definition) is 1. The molecule has 2 fully saturated rings. The van der Waals surface area contributed by atoms with Crippen molar-refractivity contribution in [3.63, 3.8) is 0 Å². The van der Waals surface area contributed by atoms with E-state index in [2.05, 4.69) is 9.97 Å². The van der Waals surface area contributed by atoms with Crippen molar-refractivity contribution >= 4 is 17.5 Å². The number of nitrogen functional groups attached to an aromatic ring is 1. The zero-order chi connectivity index (χ0) is 17.2. The van der Waals surface area contributed by atoms with Crippen molar-refractivity contribution in [2.45, 2.75) is 57.5 Å².